The van der Waals surface area contributed by atoms with Gasteiger partial charge in [0.05, 0.1) is 0 Å². The molecule has 0 fully saturated rings. The monoisotopic (exact) mass is 229 g/mol. The standard InChI is InChI=1S/C6H6O8.Na/c7-2(5(11)12)1(4(9)10)3(8)6(13)14;/h1-2,7H,(H,9,10)(H,11,12)(H,13,14);. The van der Waals surface area contributed by atoms with Gasteiger partial charge in [0.1, 0.15) is 0 Å². The van der Waals surface area contributed by atoms with Gasteiger partial charge in [-0.1, -0.05) is 0 Å². The molecule has 0 saturated carbocycles. The first-order valence-corrected chi connectivity index (χ1v) is 3.19. The summed E-state index contributed by atoms with van der Waals surface area (Å²) in [5.74, 6) is -10.5. The Morgan fingerprint density at radius 3 is 1.47 bits per heavy atom. The van der Waals surface area contributed by atoms with Crippen molar-refractivity contribution in [2.75, 3.05) is 0 Å². The summed E-state index contributed by atoms with van der Waals surface area (Å²) < 4.78 is 0. The predicted molar refractivity (Wildman–Crippen MR) is 43.2 cm³/mol. The normalized spacial score (nSPS) is 13.1. The zero-order valence-electron chi connectivity index (χ0n) is 7.58. The molecule has 0 aromatic carbocycles. The average Bonchev–Trinajstić information content (AvgIpc) is 2.03. The molecule has 0 rings (SSSR count). The van der Waals surface area contributed by atoms with Crippen LogP contribution in [-0.2, 0) is 19.2 Å². The van der Waals surface area contributed by atoms with E-state index >= 15 is 0 Å². The van der Waals surface area contributed by atoms with E-state index < -0.39 is 35.7 Å². The molecule has 0 heterocycles. The molecule has 2 atom stereocenters. The van der Waals surface area contributed by atoms with Gasteiger partial charge in [-0.05, 0) is 0 Å². The van der Waals surface area contributed by atoms with Crippen LogP contribution in [0.1, 0.15) is 0 Å². The van der Waals surface area contributed by atoms with Gasteiger partial charge in [0, 0.05) is 29.6 Å². The van der Waals surface area contributed by atoms with Gasteiger partial charge in [0.25, 0.3) is 5.78 Å². The van der Waals surface area contributed by atoms with E-state index in [2.05, 4.69) is 0 Å². The van der Waals surface area contributed by atoms with Crippen molar-refractivity contribution in [1.82, 2.24) is 0 Å². The Hall–Kier alpha value is -0.960. The van der Waals surface area contributed by atoms with Gasteiger partial charge in [0.15, 0.2) is 12.0 Å². The summed E-state index contributed by atoms with van der Waals surface area (Å²) in [5.41, 5.74) is 0. The van der Waals surface area contributed by atoms with Crippen LogP contribution >= 0.6 is 0 Å². The second-order valence-corrected chi connectivity index (χ2v) is 2.27. The van der Waals surface area contributed by atoms with E-state index in [1.165, 1.54) is 0 Å². The van der Waals surface area contributed by atoms with Crippen LogP contribution in [-0.4, -0.2) is 79.8 Å². The second-order valence-electron chi connectivity index (χ2n) is 2.27. The van der Waals surface area contributed by atoms with Crippen molar-refractivity contribution in [2.24, 2.45) is 5.92 Å². The quantitative estimate of drug-likeness (QED) is 0.228. The third kappa shape index (κ3) is 4.38. The van der Waals surface area contributed by atoms with E-state index in [0.717, 1.165) is 0 Å². The number of aliphatic carboxylic acids is 3. The van der Waals surface area contributed by atoms with Gasteiger partial charge >= 0.3 is 17.9 Å². The Bertz CT molecular complexity index is 298. The van der Waals surface area contributed by atoms with Gasteiger partial charge in [-0.3, -0.25) is 9.59 Å². The number of carbonyl (C=O) groups excluding carboxylic acids is 1. The summed E-state index contributed by atoms with van der Waals surface area (Å²) in [6, 6.07) is 0. The second kappa shape index (κ2) is 6.51. The minimum atomic E-state index is -2.57. The van der Waals surface area contributed by atoms with Crippen LogP contribution in [0, 0.1) is 5.92 Å². The summed E-state index contributed by atoms with van der Waals surface area (Å²) in [7, 11) is 0. The van der Waals surface area contributed by atoms with Gasteiger partial charge in [0.2, 0.25) is 0 Å². The molecular weight excluding hydrogens is 223 g/mol. The maximum Gasteiger partial charge on any atom is 0.373 e. The Morgan fingerprint density at radius 1 is 0.867 bits per heavy atom. The fraction of sp³-hybridized carbons (Fsp3) is 0.333. The summed E-state index contributed by atoms with van der Waals surface area (Å²) in [6.07, 6.45) is -2.57. The Kier molecular flexibility index (Phi) is 7.15. The fourth-order valence-electron chi connectivity index (χ4n) is 0.666. The summed E-state index contributed by atoms with van der Waals surface area (Å²) in [6.45, 7) is 0. The van der Waals surface area contributed by atoms with Crippen LogP contribution in [0.25, 0.3) is 0 Å². The van der Waals surface area contributed by atoms with Crippen LogP contribution < -0.4 is 0 Å². The fourth-order valence-corrected chi connectivity index (χ4v) is 0.666. The molecule has 8 nitrogen and oxygen atoms in total. The molecule has 0 aliphatic carbocycles. The maximum atomic E-state index is 10.6. The van der Waals surface area contributed by atoms with Crippen LogP contribution in [0.3, 0.4) is 0 Å². The van der Waals surface area contributed by atoms with Crippen molar-refractivity contribution in [3.63, 3.8) is 0 Å². The number of rotatable bonds is 5. The smallest absolute Gasteiger partial charge is 0.373 e. The molecule has 0 aromatic heterocycles. The molecular formula is C6H6NaO8. The molecule has 0 bridgehead atoms. The Balaban J connectivity index is 0. The summed E-state index contributed by atoms with van der Waals surface area (Å²) >= 11 is 0. The van der Waals surface area contributed by atoms with E-state index in [1.807, 2.05) is 0 Å². The molecule has 0 aliphatic rings. The van der Waals surface area contributed by atoms with Crippen LogP contribution in [0.5, 0.6) is 0 Å². The molecule has 1 radical (unpaired) electrons. The number of carbonyl (C=O) groups is 4. The van der Waals surface area contributed by atoms with E-state index in [9.17, 15) is 19.2 Å². The number of aliphatic hydroxyl groups is 1. The first kappa shape index (κ1) is 16.5. The third-order valence-electron chi connectivity index (χ3n) is 1.33. The van der Waals surface area contributed by atoms with Gasteiger partial charge in [-0.25, -0.2) is 9.59 Å². The maximum absolute atomic E-state index is 10.6. The number of aliphatic hydroxyl groups excluding tert-OH is 1. The number of Topliss-reactive ketones (excluding diaryl/α,β-unsaturated/α-hetero) is 1. The molecule has 0 saturated heterocycles. The number of carboxylic acids is 3. The molecule has 15 heavy (non-hydrogen) atoms. The van der Waals surface area contributed by atoms with Crippen LogP contribution in [0.4, 0.5) is 0 Å². The average molecular weight is 229 g/mol. The zero-order chi connectivity index (χ0) is 11.5. The van der Waals surface area contributed by atoms with Gasteiger partial charge in [-0.2, -0.15) is 0 Å². The molecule has 0 amide bonds. The molecule has 2 unspecified atom stereocenters. The number of ketones is 1. The van der Waals surface area contributed by atoms with Crippen molar-refractivity contribution in [3.05, 3.63) is 0 Å². The van der Waals surface area contributed by atoms with Crippen molar-refractivity contribution < 1.29 is 39.6 Å². The van der Waals surface area contributed by atoms with Gasteiger partial charge < -0.3 is 20.4 Å². The molecule has 0 spiro atoms. The molecule has 4 N–H and O–H groups in total. The Labute approximate surface area is 105 Å². The van der Waals surface area contributed by atoms with E-state index in [-0.39, 0.29) is 29.6 Å². The topological polar surface area (TPSA) is 149 Å². The van der Waals surface area contributed by atoms with Crippen LogP contribution in [0.15, 0.2) is 0 Å². The van der Waals surface area contributed by atoms with E-state index in [0.29, 0.717) is 0 Å². The molecule has 9 heteroatoms. The first-order valence-electron chi connectivity index (χ1n) is 3.19. The Morgan fingerprint density at radius 2 is 1.27 bits per heavy atom. The zero-order valence-corrected chi connectivity index (χ0v) is 9.58. The number of hydrogen-bond donors (Lipinski definition) is 4. The minimum absolute atomic E-state index is 0. The number of carboxylic acid groups (broad SMARTS) is 3. The van der Waals surface area contributed by atoms with E-state index in [4.69, 9.17) is 20.4 Å². The van der Waals surface area contributed by atoms with Gasteiger partial charge in [-0.15, -0.1) is 0 Å². The molecule has 79 valence electrons. The predicted octanol–water partition coefficient (Wildman–Crippen LogP) is -2.59. The van der Waals surface area contributed by atoms with Crippen molar-refractivity contribution in [3.8, 4) is 0 Å². The minimum Gasteiger partial charge on any atom is -0.481 e. The third-order valence-corrected chi connectivity index (χ3v) is 1.33. The van der Waals surface area contributed by atoms with Crippen molar-refractivity contribution >= 4 is 53.2 Å². The SMILES string of the molecule is O=C(O)C(=O)C(C(=O)O)C(O)C(=O)O.[Na]. The first-order chi connectivity index (χ1) is 6.29. The van der Waals surface area contributed by atoms with Crippen molar-refractivity contribution in [1.29, 1.82) is 0 Å². The van der Waals surface area contributed by atoms with Crippen molar-refractivity contribution in [2.45, 2.75) is 6.10 Å². The van der Waals surface area contributed by atoms with Crippen LogP contribution in [0.2, 0.25) is 0 Å². The summed E-state index contributed by atoms with van der Waals surface area (Å²) in [4.78, 5) is 41.1. The summed E-state index contributed by atoms with van der Waals surface area (Å²) in [5, 5.41) is 33.3. The largest absolute Gasteiger partial charge is 0.481 e. The molecule has 0 aromatic rings. The molecule has 0 aliphatic heterocycles. The van der Waals surface area contributed by atoms with E-state index in [1.54, 1.807) is 0 Å². The number of hydrogen-bond acceptors (Lipinski definition) is 5.